The minimum Gasteiger partial charge on any atom is -0.286 e. The molecule has 1 aromatic carbocycles. The highest BCUT2D eigenvalue weighted by atomic mass is 15.1. The first kappa shape index (κ1) is 11.3. The molecule has 0 unspecified atom stereocenters. The van der Waals surface area contributed by atoms with Crippen LogP contribution in [0.3, 0.4) is 0 Å². The molecule has 4 heteroatoms. The van der Waals surface area contributed by atoms with Crippen molar-refractivity contribution in [2.24, 2.45) is 0 Å². The van der Waals surface area contributed by atoms with Crippen LogP contribution in [0.25, 0.3) is 21.8 Å². The molecule has 1 N–H and O–H groups in total. The van der Waals surface area contributed by atoms with E-state index in [1.54, 1.807) is 24.8 Å². The molecule has 4 rings (SSSR count). The number of H-pyrrole nitrogens is 1. The average molecular weight is 248 g/mol. The minimum atomic E-state index is 0.977. The van der Waals surface area contributed by atoms with Gasteiger partial charge in [-0.1, -0.05) is 24.3 Å². The smallest absolute Gasteiger partial charge is 0.0964 e. The fourth-order valence-corrected chi connectivity index (χ4v) is 1.89. The van der Waals surface area contributed by atoms with Crippen LogP contribution >= 0.6 is 0 Å². The summed E-state index contributed by atoms with van der Waals surface area (Å²) in [5, 5.41) is 8.48. The van der Waals surface area contributed by atoms with Crippen molar-refractivity contribution in [1.29, 1.82) is 0 Å². The van der Waals surface area contributed by atoms with Gasteiger partial charge >= 0.3 is 0 Å². The molecule has 4 nitrogen and oxygen atoms in total. The number of hydrogen-bond donors (Lipinski definition) is 1. The van der Waals surface area contributed by atoms with Crippen molar-refractivity contribution >= 4 is 21.8 Å². The lowest BCUT2D eigenvalue weighted by atomic mass is 10.1. The van der Waals surface area contributed by atoms with E-state index in [1.165, 1.54) is 0 Å². The summed E-state index contributed by atoms with van der Waals surface area (Å²) in [6.45, 7) is 0. The highest BCUT2D eigenvalue weighted by Gasteiger charge is 2.00. The van der Waals surface area contributed by atoms with Gasteiger partial charge in [0.15, 0.2) is 0 Å². The van der Waals surface area contributed by atoms with E-state index in [1.807, 2.05) is 18.2 Å². The second kappa shape index (κ2) is 5.27. The Kier molecular flexibility index (Phi) is 3.14. The minimum absolute atomic E-state index is 0.977. The molecule has 0 aliphatic heterocycles. The first-order valence-electron chi connectivity index (χ1n) is 5.97. The molecule has 0 aliphatic rings. The van der Waals surface area contributed by atoms with Crippen molar-refractivity contribution in [2.75, 3.05) is 0 Å². The third-order valence-electron chi connectivity index (χ3n) is 2.75. The van der Waals surface area contributed by atoms with E-state index in [0.717, 1.165) is 21.8 Å². The predicted molar refractivity (Wildman–Crippen MR) is 75.6 cm³/mol. The standard InChI is InChI=1S/C12H8N2.C3H4N2/c1-3-9-5-6-10-4-2-8-14-12(10)11(9)13-7-1;1-2-4-5-3-1/h1-8H;1-3H,(H,4,5). The molecule has 0 amide bonds. The number of rotatable bonds is 0. The lowest BCUT2D eigenvalue weighted by molar-refractivity contribution is 1.09. The Morgan fingerprint density at radius 1 is 0.684 bits per heavy atom. The largest absolute Gasteiger partial charge is 0.286 e. The van der Waals surface area contributed by atoms with Crippen LogP contribution in [0.2, 0.25) is 0 Å². The van der Waals surface area contributed by atoms with Gasteiger partial charge in [0.05, 0.1) is 11.0 Å². The average Bonchev–Trinajstić information content (AvgIpc) is 3.07. The summed E-state index contributed by atoms with van der Waals surface area (Å²) in [5.74, 6) is 0. The van der Waals surface area contributed by atoms with Crippen LogP contribution in [0.1, 0.15) is 0 Å². The molecule has 3 aromatic heterocycles. The summed E-state index contributed by atoms with van der Waals surface area (Å²) in [7, 11) is 0. The van der Waals surface area contributed by atoms with Gasteiger partial charge in [-0.15, -0.1) is 0 Å². The first-order chi connectivity index (χ1) is 9.45. The Morgan fingerprint density at radius 3 is 1.74 bits per heavy atom. The van der Waals surface area contributed by atoms with E-state index in [2.05, 4.69) is 44.4 Å². The Balaban J connectivity index is 0.000000187. The summed E-state index contributed by atoms with van der Waals surface area (Å²) >= 11 is 0. The molecule has 0 fully saturated rings. The van der Waals surface area contributed by atoms with Gasteiger partial charge in [0, 0.05) is 35.6 Å². The number of fused-ring (bicyclic) bond motifs is 3. The van der Waals surface area contributed by atoms with Crippen LogP contribution in [-0.4, -0.2) is 20.2 Å². The van der Waals surface area contributed by atoms with Crippen molar-refractivity contribution in [1.82, 2.24) is 20.2 Å². The van der Waals surface area contributed by atoms with Crippen LogP contribution in [0.4, 0.5) is 0 Å². The van der Waals surface area contributed by atoms with Crippen LogP contribution in [-0.2, 0) is 0 Å². The van der Waals surface area contributed by atoms with E-state index in [0.29, 0.717) is 0 Å². The maximum atomic E-state index is 4.35. The van der Waals surface area contributed by atoms with Gasteiger partial charge < -0.3 is 0 Å². The molecule has 92 valence electrons. The SMILES string of the molecule is c1cn[nH]c1.c1cnc2c(c1)ccc1cccnc12. The monoisotopic (exact) mass is 248 g/mol. The summed E-state index contributed by atoms with van der Waals surface area (Å²) in [6.07, 6.45) is 7.06. The molecule has 0 atom stereocenters. The molecule has 0 saturated carbocycles. The van der Waals surface area contributed by atoms with Gasteiger partial charge in [0.25, 0.3) is 0 Å². The molecule has 0 spiro atoms. The van der Waals surface area contributed by atoms with Crippen LogP contribution in [0, 0.1) is 0 Å². The van der Waals surface area contributed by atoms with E-state index >= 15 is 0 Å². The van der Waals surface area contributed by atoms with E-state index in [-0.39, 0.29) is 0 Å². The molecule has 0 saturated heterocycles. The molecule has 19 heavy (non-hydrogen) atoms. The number of pyridine rings is 2. The fraction of sp³-hybridized carbons (Fsp3) is 0. The van der Waals surface area contributed by atoms with Gasteiger partial charge in [-0.3, -0.25) is 15.1 Å². The second-order valence-corrected chi connectivity index (χ2v) is 3.98. The number of aromatic nitrogens is 4. The Hall–Kier alpha value is -2.75. The van der Waals surface area contributed by atoms with Gasteiger partial charge in [0.2, 0.25) is 0 Å². The summed E-state index contributed by atoms with van der Waals surface area (Å²) in [4.78, 5) is 8.69. The molecule has 0 radical (unpaired) electrons. The van der Waals surface area contributed by atoms with Crippen molar-refractivity contribution in [3.63, 3.8) is 0 Å². The third kappa shape index (κ3) is 2.42. The quantitative estimate of drug-likeness (QED) is 0.486. The van der Waals surface area contributed by atoms with E-state index in [4.69, 9.17) is 0 Å². The molecule has 0 bridgehead atoms. The van der Waals surface area contributed by atoms with E-state index in [9.17, 15) is 0 Å². The Morgan fingerprint density at radius 2 is 1.32 bits per heavy atom. The molecule has 4 aromatic rings. The van der Waals surface area contributed by atoms with Gasteiger partial charge in [-0.25, -0.2) is 0 Å². The van der Waals surface area contributed by atoms with Gasteiger partial charge in [0.1, 0.15) is 0 Å². The number of hydrogen-bond acceptors (Lipinski definition) is 3. The lowest BCUT2D eigenvalue weighted by Crippen LogP contribution is -1.83. The zero-order valence-corrected chi connectivity index (χ0v) is 10.2. The maximum absolute atomic E-state index is 4.35. The number of nitrogens with one attached hydrogen (secondary N) is 1. The summed E-state index contributed by atoms with van der Waals surface area (Å²) in [5.41, 5.74) is 1.95. The molecule has 3 heterocycles. The number of benzene rings is 1. The highest BCUT2D eigenvalue weighted by Crippen LogP contribution is 2.20. The van der Waals surface area contributed by atoms with Crippen molar-refractivity contribution in [2.45, 2.75) is 0 Å². The van der Waals surface area contributed by atoms with E-state index < -0.39 is 0 Å². The lowest BCUT2D eigenvalue weighted by Gasteiger charge is -2.00. The Labute approximate surface area is 110 Å². The van der Waals surface area contributed by atoms with Crippen LogP contribution in [0.5, 0.6) is 0 Å². The van der Waals surface area contributed by atoms with Crippen molar-refractivity contribution in [3.05, 3.63) is 67.3 Å². The van der Waals surface area contributed by atoms with Gasteiger partial charge in [-0.05, 0) is 18.2 Å². The van der Waals surface area contributed by atoms with Crippen LogP contribution < -0.4 is 0 Å². The molecule has 0 aliphatic carbocycles. The van der Waals surface area contributed by atoms with Crippen molar-refractivity contribution in [3.8, 4) is 0 Å². The normalized spacial score (nSPS) is 10.1. The third-order valence-corrected chi connectivity index (χ3v) is 2.75. The zero-order valence-electron chi connectivity index (χ0n) is 10.2. The molecular weight excluding hydrogens is 236 g/mol. The first-order valence-corrected chi connectivity index (χ1v) is 5.97. The van der Waals surface area contributed by atoms with Gasteiger partial charge in [-0.2, -0.15) is 5.10 Å². The Bertz CT molecular complexity index is 706. The molecular formula is C15H12N4. The summed E-state index contributed by atoms with van der Waals surface area (Å²) < 4.78 is 0. The summed E-state index contributed by atoms with van der Waals surface area (Å²) in [6, 6.07) is 14.0. The maximum Gasteiger partial charge on any atom is 0.0964 e. The van der Waals surface area contributed by atoms with Crippen LogP contribution in [0.15, 0.2) is 67.3 Å². The van der Waals surface area contributed by atoms with Crippen molar-refractivity contribution < 1.29 is 0 Å². The predicted octanol–water partition coefficient (Wildman–Crippen LogP) is 3.19. The highest BCUT2D eigenvalue weighted by molar-refractivity contribution is 6.02. The second-order valence-electron chi connectivity index (χ2n) is 3.98. The topological polar surface area (TPSA) is 54.5 Å². The number of nitrogens with zero attached hydrogens (tertiary/aromatic N) is 3. The number of aromatic amines is 1. The zero-order chi connectivity index (χ0) is 12.9. The fourth-order valence-electron chi connectivity index (χ4n) is 1.89.